The summed E-state index contributed by atoms with van der Waals surface area (Å²) in [5.74, 6) is 0. The van der Waals surface area contributed by atoms with Gasteiger partial charge in [0.05, 0.1) is 13.2 Å². The summed E-state index contributed by atoms with van der Waals surface area (Å²) in [6, 6.07) is 0. The first-order valence-corrected chi connectivity index (χ1v) is 10.9. The molecule has 0 aromatic rings. The lowest BCUT2D eigenvalue weighted by molar-refractivity contribution is -0.208. The Morgan fingerprint density at radius 2 is 1.27 bits per heavy atom. The van der Waals surface area contributed by atoms with Crippen molar-refractivity contribution in [2.24, 2.45) is 0 Å². The summed E-state index contributed by atoms with van der Waals surface area (Å²) in [6.07, 6.45) is 13.8. The molecule has 5 heteroatoms. The average Bonchev–Trinajstić information content (AvgIpc) is 2.65. The van der Waals surface area contributed by atoms with Gasteiger partial charge in [0, 0.05) is 6.61 Å². The van der Waals surface area contributed by atoms with E-state index in [9.17, 15) is 10.2 Å². The zero-order valence-corrected chi connectivity index (χ0v) is 16.8. The molecule has 1 fully saturated rings. The molecule has 156 valence electrons. The van der Waals surface area contributed by atoms with E-state index in [1.165, 1.54) is 70.6 Å². The first-order chi connectivity index (χ1) is 12.7. The molecule has 4 atom stereocenters. The van der Waals surface area contributed by atoms with Gasteiger partial charge in [0.2, 0.25) is 0 Å². The van der Waals surface area contributed by atoms with Crippen molar-refractivity contribution < 1.29 is 24.8 Å². The van der Waals surface area contributed by atoms with Gasteiger partial charge in [-0.2, -0.15) is 0 Å². The largest absolute Gasteiger partial charge is 0.394 e. The summed E-state index contributed by atoms with van der Waals surface area (Å²) in [6.45, 7) is 2.78. The third kappa shape index (κ3) is 10.2. The number of hydrogen-bond donors (Lipinski definition) is 3. The van der Waals surface area contributed by atoms with E-state index in [0.29, 0.717) is 6.61 Å². The Morgan fingerprint density at radius 1 is 0.769 bits per heavy atom. The van der Waals surface area contributed by atoms with Crippen molar-refractivity contribution in [3.63, 3.8) is 0 Å². The predicted octanol–water partition coefficient (Wildman–Crippen LogP) is 3.58. The molecular weight excluding hydrogens is 332 g/mol. The molecule has 1 rings (SSSR count). The summed E-state index contributed by atoms with van der Waals surface area (Å²) < 4.78 is 10.9. The molecule has 0 aromatic carbocycles. The molecule has 0 unspecified atom stereocenters. The Morgan fingerprint density at radius 3 is 1.77 bits per heavy atom. The average molecular weight is 375 g/mol. The third-order valence-corrected chi connectivity index (χ3v) is 5.35. The fourth-order valence-electron chi connectivity index (χ4n) is 3.52. The predicted molar refractivity (Wildman–Crippen MR) is 104 cm³/mol. The van der Waals surface area contributed by atoms with Crippen LogP contribution in [0.2, 0.25) is 0 Å². The van der Waals surface area contributed by atoms with Crippen LogP contribution >= 0.6 is 0 Å². The second-order valence-corrected chi connectivity index (χ2v) is 7.69. The lowest BCUT2D eigenvalue weighted by Gasteiger charge is -2.36. The van der Waals surface area contributed by atoms with E-state index >= 15 is 0 Å². The van der Waals surface area contributed by atoms with Crippen molar-refractivity contribution in [1.82, 2.24) is 0 Å². The van der Waals surface area contributed by atoms with Gasteiger partial charge in [0.1, 0.15) is 24.4 Å². The van der Waals surface area contributed by atoms with Crippen LogP contribution in [-0.4, -0.2) is 59.6 Å². The molecule has 0 bridgehead atoms. The highest BCUT2D eigenvalue weighted by atomic mass is 16.6. The summed E-state index contributed by atoms with van der Waals surface area (Å²) in [7, 11) is 0. The zero-order valence-electron chi connectivity index (χ0n) is 16.8. The maximum Gasteiger partial charge on any atom is 0.111 e. The molecule has 5 nitrogen and oxygen atoms in total. The van der Waals surface area contributed by atoms with Crippen molar-refractivity contribution in [2.75, 3.05) is 19.8 Å². The normalized spacial score (nSPS) is 26.3. The van der Waals surface area contributed by atoms with Crippen molar-refractivity contribution in [3.05, 3.63) is 0 Å². The standard InChI is InChI=1S/C21H42O5/c1-2-3-4-5-6-7-8-9-10-11-12-13-14-15-25-19-17-26-18(16-22)20(23)21(19)24/h18-24H,2-17H2,1H3/t18-,19+,20-,21-/m1/s1. The lowest BCUT2D eigenvalue weighted by atomic mass is 10.0. The van der Waals surface area contributed by atoms with E-state index in [-0.39, 0.29) is 13.2 Å². The minimum absolute atomic E-state index is 0.224. The Kier molecular flexibility index (Phi) is 14.5. The van der Waals surface area contributed by atoms with E-state index < -0.39 is 24.4 Å². The highest BCUT2D eigenvalue weighted by Crippen LogP contribution is 2.18. The van der Waals surface area contributed by atoms with Crippen LogP contribution in [0.3, 0.4) is 0 Å². The highest BCUT2D eigenvalue weighted by molar-refractivity contribution is 4.87. The van der Waals surface area contributed by atoms with Gasteiger partial charge >= 0.3 is 0 Å². The fraction of sp³-hybridized carbons (Fsp3) is 1.00. The van der Waals surface area contributed by atoms with Gasteiger partial charge in [-0.05, 0) is 6.42 Å². The van der Waals surface area contributed by atoms with Crippen molar-refractivity contribution >= 4 is 0 Å². The second kappa shape index (κ2) is 15.8. The molecule has 3 N–H and O–H groups in total. The minimum atomic E-state index is -1.08. The highest BCUT2D eigenvalue weighted by Gasteiger charge is 2.38. The molecule has 1 heterocycles. The number of hydrogen-bond acceptors (Lipinski definition) is 5. The number of ether oxygens (including phenoxy) is 2. The van der Waals surface area contributed by atoms with E-state index in [1.54, 1.807) is 0 Å². The lowest BCUT2D eigenvalue weighted by Crippen LogP contribution is -2.55. The SMILES string of the molecule is CCCCCCCCCCCCCCCO[C@H]1CO[C@H](CO)[C@@H](O)[C@@H]1O. The van der Waals surface area contributed by atoms with Crippen LogP contribution in [-0.2, 0) is 9.47 Å². The maximum atomic E-state index is 9.98. The Bertz CT molecular complexity index is 313. The molecule has 1 saturated heterocycles. The summed E-state index contributed by atoms with van der Waals surface area (Å²) >= 11 is 0. The molecule has 1 aliphatic heterocycles. The van der Waals surface area contributed by atoms with Gasteiger partial charge in [-0.25, -0.2) is 0 Å². The van der Waals surface area contributed by atoms with Crippen LogP contribution in [0.4, 0.5) is 0 Å². The van der Waals surface area contributed by atoms with Crippen LogP contribution in [0.25, 0.3) is 0 Å². The minimum Gasteiger partial charge on any atom is -0.394 e. The van der Waals surface area contributed by atoms with Gasteiger partial charge in [0.25, 0.3) is 0 Å². The summed E-state index contributed by atoms with van der Waals surface area (Å²) in [5, 5.41) is 28.8. The van der Waals surface area contributed by atoms with Crippen LogP contribution in [0.1, 0.15) is 90.4 Å². The first-order valence-electron chi connectivity index (χ1n) is 10.9. The van der Waals surface area contributed by atoms with Crippen LogP contribution < -0.4 is 0 Å². The third-order valence-electron chi connectivity index (χ3n) is 5.35. The molecule has 1 aliphatic rings. The van der Waals surface area contributed by atoms with Crippen molar-refractivity contribution in [1.29, 1.82) is 0 Å². The molecule has 0 radical (unpaired) electrons. The fourth-order valence-corrected chi connectivity index (χ4v) is 3.52. The van der Waals surface area contributed by atoms with Crippen molar-refractivity contribution in [3.8, 4) is 0 Å². The number of rotatable bonds is 16. The number of aliphatic hydroxyl groups excluding tert-OH is 3. The first kappa shape index (κ1) is 23.8. The van der Waals surface area contributed by atoms with Crippen LogP contribution in [0, 0.1) is 0 Å². The smallest absolute Gasteiger partial charge is 0.111 e. The van der Waals surface area contributed by atoms with Gasteiger partial charge in [-0.15, -0.1) is 0 Å². The maximum absolute atomic E-state index is 9.98. The monoisotopic (exact) mass is 374 g/mol. The summed E-state index contributed by atoms with van der Waals surface area (Å²) in [5.41, 5.74) is 0. The van der Waals surface area contributed by atoms with Gasteiger partial charge in [-0.1, -0.05) is 84.0 Å². The molecular formula is C21H42O5. The molecule has 0 aliphatic carbocycles. The van der Waals surface area contributed by atoms with Gasteiger partial charge in [-0.3, -0.25) is 0 Å². The molecule has 26 heavy (non-hydrogen) atoms. The zero-order chi connectivity index (χ0) is 19.0. The number of aliphatic hydroxyl groups is 3. The van der Waals surface area contributed by atoms with Gasteiger partial charge < -0.3 is 24.8 Å². The van der Waals surface area contributed by atoms with Gasteiger partial charge in [0.15, 0.2) is 0 Å². The van der Waals surface area contributed by atoms with E-state index in [2.05, 4.69) is 6.92 Å². The molecule has 0 amide bonds. The Hall–Kier alpha value is -0.200. The van der Waals surface area contributed by atoms with E-state index in [0.717, 1.165) is 12.8 Å². The van der Waals surface area contributed by atoms with E-state index in [4.69, 9.17) is 14.6 Å². The Balaban J connectivity index is 1.85. The molecule has 0 spiro atoms. The number of unbranched alkanes of at least 4 members (excludes halogenated alkanes) is 12. The van der Waals surface area contributed by atoms with E-state index in [1.807, 2.05) is 0 Å². The van der Waals surface area contributed by atoms with Crippen LogP contribution in [0.5, 0.6) is 0 Å². The quantitative estimate of drug-likeness (QED) is 0.360. The molecule has 0 aromatic heterocycles. The van der Waals surface area contributed by atoms with Crippen LogP contribution in [0.15, 0.2) is 0 Å². The molecule has 0 saturated carbocycles. The summed E-state index contributed by atoms with van der Waals surface area (Å²) in [4.78, 5) is 0. The Labute approximate surface area is 160 Å². The van der Waals surface area contributed by atoms with Crippen molar-refractivity contribution in [2.45, 2.75) is 115 Å². The second-order valence-electron chi connectivity index (χ2n) is 7.69. The topological polar surface area (TPSA) is 79.2 Å².